The molecular weight excluding hydrogens is 514 g/mol. The van der Waals surface area contributed by atoms with Crippen LogP contribution < -0.4 is 4.74 Å². The molecule has 11 heteroatoms. The van der Waals surface area contributed by atoms with Crippen LogP contribution in [-0.2, 0) is 38.6 Å². The molecule has 0 bridgehead atoms. The summed E-state index contributed by atoms with van der Waals surface area (Å²) in [6, 6.07) is 11.4. The van der Waals surface area contributed by atoms with Crippen LogP contribution in [0.25, 0.3) is 0 Å². The zero-order valence-electron chi connectivity index (χ0n) is 22.5. The Kier molecular flexibility index (Phi) is 9.32. The molecule has 10 nitrogen and oxygen atoms in total. The van der Waals surface area contributed by atoms with Gasteiger partial charge in [-0.05, 0) is 57.5 Å². The Morgan fingerprint density at radius 3 is 2.11 bits per heavy atom. The minimum absolute atomic E-state index is 0.0423. The first kappa shape index (κ1) is 29.7. The first-order chi connectivity index (χ1) is 18.0. The molecule has 4 atom stereocenters. The minimum Gasteiger partial charge on any atom is -0.497 e. The van der Waals surface area contributed by atoms with Crippen LogP contribution in [-0.4, -0.2) is 69.5 Å². The van der Waals surface area contributed by atoms with Gasteiger partial charge in [0.15, 0.2) is 6.10 Å². The first-order valence-electron chi connectivity index (χ1n) is 12.3. The van der Waals surface area contributed by atoms with Crippen molar-refractivity contribution in [2.75, 3.05) is 26.9 Å². The molecule has 1 saturated heterocycles. The second-order valence-electron chi connectivity index (χ2n) is 8.99. The highest BCUT2D eigenvalue weighted by Crippen LogP contribution is 2.43. The van der Waals surface area contributed by atoms with Gasteiger partial charge in [0.2, 0.25) is 15.8 Å². The van der Waals surface area contributed by atoms with Crippen molar-refractivity contribution in [2.45, 2.75) is 63.2 Å². The van der Waals surface area contributed by atoms with Crippen molar-refractivity contribution in [1.82, 2.24) is 4.31 Å². The summed E-state index contributed by atoms with van der Waals surface area (Å²) in [6.45, 7) is 8.23. The highest BCUT2D eigenvalue weighted by atomic mass is 32.2. The van der Waals surface area contributed by atoms with E-state index >= 15 is 0 Å². The largest absolute Gasteiger partial charge is 0.497 e. The predicted octanol–water partition coefficient (Wildman–Crippen LogP) is 3.38. The number of ether oxygens (including phenoxy) is 5. The smallest absolute Gasteiger partial charge is 0.340 e. The fourth-order valence-corrected chi connectivity index (χ4v) is 5.92. The third-order valence-corrected chi connectivity index (χ3v) is 8.34. The van der Waals surface area contributed by atoms with Crippen molar-refractivity contribution in [1.29, 1.82) is 0 Å². The Bertz CT molecular complexity index is 1220. The number of methoxy groups -OCH3 is 1. The average Bonchev–Trinajstić information content (AvgIpc) is 2.87. The van der Waals surface area contributed by atoms with Crippen LogP contribution in [0.5, 0.6) is 5.75 Å². The minimum atomic E-state index is -4.29. The molecule has 208 valence electrons. The number of aldehydes is 1. The van der Waals surface area contributed by atoms with Crippen molar-refractivity contribution in [3.8, 4) is 5.75 Å². The van der Waals surface area contributed by atoms with Crippen molar-refractivity contribution >= 4 is 22.3 Å². The summed E-state index contributed by atoms with van der Waals surface area (Å²) in [7, 11) is -2.80. The highest BCUT2D eigenvalue weighted by Gasteiger charge is 2.60. The van der Waals surface area contributed by atoms with E-state index in [0.29, 0.717) is 17.6 Å². The number of hydrogen-bond acceptors (Lipinski definition) is 9. The fraction of sp³-hybridized carbons (Fsp3) is 0.481. The predicted molar refractivity (Wildman–Crippen MR) is 138 cm³/mol. The van der Waals surface area contributed by atoms with Gasteiger partial charge in [0, 0.05) is 20.1 Å². The molecule has 0 unspecified atom stereocenters. The van der Waals surface area contributed by atoms with Crippen LogP contribution in [0.4, 0.5) is 0 Å². The SMILES string of the molecule is CCO[C@@]1(C)OC(=O)[C@@H]([C@@H](c2ccc(OC)cc2)N(CC=O)S(=O)(=O)c2ccc(C)cc2)O[C@]1(C)OCC. The van der Waals surface area contributed by atoms with Gasteiger partial charge in [-0.25, -0.2) is 13.2 Å². The summed E-state index contributed by atoms with van der Waals surface area (Å²) < 4.78 is 57.7. The van der Waals surface area contributed by atoms with Crippen LogP contribution >= 0.6 is 0 Å². The number of esters is 1. The van der Waals surface area contributed by atoms with E-state index in [1.165, 1.54) is 26.2 Å². The Hall–Kier alpha value is -2.83. The molecule has 2 aromatic rings. The summed E-state index contributed by atoms with van der Waals surface area (Å²) >= 11 is 0. The van der Waals surface area contributed by atoms with Gasteiger partial charge < -0.3 is 28.5 Å². The molecule has 1 aliphatic heterocycles. The number of carbonyl (C=O) groups excluding carboxylic acids is 2. The van der Waals surface area contributed by atoms with E-state index in [2.05, 4.69) is 0 Å². The third kappa shape index (κ3) is 5.76. The molecule has 38 heavy (non-hydrogen) atoms. The molecule has 0 N–H and O–H groups in total. The molecular formula is C27H35NO9S. The number of nitrogens with zero attached hydrogens (tertiary/aromatic N) is 1. The Balaban J connectivity index is 2.20. The van der Waals surface area contributed by atoms with E-state index < -0.39 is 46.3 Å². The van der Waals surface area contributed by atoms with Crippen molar-refractivity contribution in [3.05, 3.63) is 59.7 Å². The van der Waals surface area contributed by atoms with E-state index in [-0.39, 0.29) is 18.1 Å². The van der Waals surface area contributed by atoms with Gasteiger partial charge in [-0.15, -0.1) is 0 Å². The molecule has 1 aliphatic rings. The molecule has 0 radical (unpaired) electrons. The molecule has 0 aliphatic carbocycles. The summed E-state index contributed by atoms with van der Waals surface area (Å²) in [6.07, 6.45) is -1.05. The maximum atomic E-state index is 13.9. The molecule has 3 rings (SSSR count). The molecule has 0 saturated carbocycles. The van der Waals surface area contributed by atoms with Crippen LogP contribution in [0.1, 0.15) is 44.9 Å². The fourth-order valence-electron chi connectivity index (χ4n) is 4.38. The van der Waals surface area contributed by atoms with E-state index in [1.54, 1.807) is 57.2 Å². The summed E-state index contributed by atoms with van der Waals surface area (Å²) in [5.41, 5.74) is 1.24. The Morgan fingerprint density at radius 1 is 1.00 bits per heavy atom. The van der Waals surface area contributed by atoms with Gasteiger partial charge >= 0.3 is 5.97 Å². The quantitative estimate of drug-likeness (QED) is 0.290. The zero-order chi connectivity index (χ0) is 28.1. The van der Waals surface area contributed by atoms with Gasteiger partial charge in [-0.2, -0.15) is 4.31 Å². The van der Waals surface area contributed by atoms with E-state index in [9.17, 15) is 18.0 Å². The van der Waals surface area contributed by atoms with E-state index in [0.717, 1.165) is 9.87 Å². The maximum absolute atomic E-state index is 13.9. The van der Waals surface area contributed by atoms with Crippen LogP contribution in [0.3, 0.4) is 0 Å². The lowest BCUT2D eigenvalue weighted by Crippen LogP contribution is -2.66. The first-order valence-corrected chi connectivity index (χ1v) is 13.7. The van der Waals surface area contributed by atoms with Crippen LogP contribution in [0.2, 0.25) is 0 Å². The molecule has 0 amide bonds. The molecule has 1 fully saturated rings. The van der Waals surface area contributed by atoms with E-state index in [4.69, 9.17) is 23.7 Å². The standard InChI is InChI=1S/C27H35NO9S/c1-7-34-26(4)27(5,35-8-2)37-25(30)24(36-26)23(20-11-13-21(33-6)14-12-20)28(17-18-29)38(31,32)22-15-9-19(3)10-16-22/h9-16,18,23-24H,7-8,17H2,1-6H3/t23-,24-,26+,27+/m1/s1. The Labute approximate surface area is 223 Å². The summed E-state index contributed by atoms with van der Waals surface area (Å²) in [5.74, 6) is -3.55. The number of sulfonamides is 1. The molecule has 0 spiro atoms. The van der Waals surface area contributed by atoms with Gasteiger partial charge in [-0.1, -0.05) is 29.8 Å². The zero-order valence-corrected chi connectivity index (χ0v) is 23.3. The normalized spacial score (nSPS) is 24.6. The van der Waals surface area contributed by atoms with Crippen molar-refractivity contribution < 1.29 is 41.7 Å². The number of hydrogen-bond donors (Lipinski definition) is 0. The van der Waals surface area contributed by atoms with E-state index in [1.807, 2.05) is 6.92 Å². The number of rotatable bonds is 12. The van der Waals surface area contributed by atoms with Gasteiger partial charge in [-0.3, -0.25) is 0 Å². The van der Waals surface area contributed by atoms with Crippen LogP contribution in [0.15, 0.2) is 53.4 Å². The van der Waals surface area contributed by atoms with Gasteiger partial charge in [0.05, 0.1) is 24.6 Å². The number of benzene rings is 2. The second kappa shape index (κ2) is 11.9. The third-order valence-electron chi connectivity index (χ3n) is 6.48. The summed E-state index contributed by atoms with van der Waals surface area (Å²) in [4.78, 5) is 25.3. The highest BCUT2D eigenvalue weighted by molar-refractivity contribution is 7.89. The number of carbonyl (C=O) groups is 2. The molecule has 0 aromatic heterocycles. The van der Waals surface area contributed by atoms with Gasteiger partial charge in [0.25, 0.3) is 5.79 Å². The van der Waals surface area contributed by atoms with Crippen molar-refractivity contribution in [3.63, 3.8) is 0 Å². The molecule has 2 aromatic carbocycles. The second-order valence-corrected chi connectivity index (χ2v) is 10.9. The van der Waals surface area contributed by atoms with Crippen molar-refractivity contribution in [2.24, 2.45) is 0 Å². The summed E-state index contributed by atoms with van der Waals surface area (Å²) in [5, 5.41) is 0. The lowest BCUT2D eigenvalue weighted by atomic mass is 9.97. The lowest BCUT2D eigenvalue weighted by molar-refractivity contribution is -0.417. The topological polar surface area (TPSA) is 118 Å². The Morgan fingerprint density at radius 2 is 1.58 bits per heavy atom. The lowest BCUT2D eigenvalue weighted by Gasteiger charge is -2.50. The maximum Gasteiger partial charge on any atom is 0.340 e. The number of aryl methyl sites for hydroxylation is 1. The molecule has 1 heterocycles. The number of cyclic esters (lactones) is 1. The van der Waals surface area contributed by atoms with Gasteiger partial charge in [0.1, 0.15) is 12.0 Å². The average molecular weight is 550 g/mol. The van der Waals surface area contributed by atoms with Crippen LogP contribution in [0, 0.1) is 6.92 Å². The monoisotopic (exact) mass is 549 g/mol.